The van der Waals surface area contributed by atoms with Crippen LogP contribution in [-0.4, -0.2) is 22.8 Å². The Morgan fingerprint density at radius 1 is 1.09 bits per heavy atom. The van der Waals surface area contributed by atoms with Gasteiger partial charge < -0.3 is 19.8 Å². The molecular formula is C18H19N3O2. The van der Waals surface area contributed by atoms with Gasteiger partial charge in [0.05, 0.1) is 11.0 Å². The maximum absolute atomic E-state index is 5.70. The second kappa shape index (κ2) is 5.59. The first-order chi connectivity index (χ1) is 11.3. The molecule has 2 aromatic carbocycles. The maximum Gasteiger partial charge on any atom is 0.163 e. The van der Waals surface area contributed by atoms with E-state index < -0.39 is 0 Å². The summed E-state index contributed by atoms with van der Waals surface area (Å²) in [5.74, 6) is 2.52. The minimum Gasteiger partial charge on any atom is -0.486 e. The van der Waals surface area contributed by atoms with E-state index in [1.165, 1.54) is 0 Å². The van der Waals surface area contributed by atoms with Crippen molar-refractivity contribution in [2.75, 3.05) is 13.2 Å². The Balaban J connectivity index is 1.88. The van der Waals surface area contributed by atoms with E-state index in [-0.39, 0.29) is 0 Å². The fourth-order valence-corrected chi connectivity index (χ4v) is 2.99. The zero-order valence-electron chi connectivity index (χ0n) is 13.1. The number of ether oxygens (including phenoxy) is 2. The first-order valence-electron chi connectivity index (χ1n) is 7.89. The van der Waals surface area contributed by atoms with Crippen molar-refractivity contribution in [1.29, 1.82) is 0 Å². The van der Waals surface area contributed by atoms with Crippen LogP contribution >= 0.6 is 0 Å². The van der Waals surface area contributed by atoms with Gasteiger partial charge in [0.1, 0.15) is 19.0 Å². The zero-order valence-corrected chi connectivity index (χ0v) is 13.1. The van der Waals surface area contributed by atoms with E-state index in [1.807, 2.05) is 24.3 Å². The molecule has 4 rings (SSSR count). The highest BCUT2D eigenvalue weighted by Gasteiger charge is 2.18. The number of imidazole rings is 1. The van der Waals surface area contributed by atoms with Gasteiger partial charge in [-0.1, -0.05) is 24.3 Å². The number of fused-ring (bicyclic) bond motifs is 2. The lowest BCUT2D eigenvalue weighted by molar-refractivity contribution is 0.172. The van der Waals surface area contributed by atoms with Gasteiger partial charge in [0.2, 0.25) is 0 Å². The molecule has 0 aliphatic carbocycles. The van der Waals surface area contributed by atoms with Crippen molar-refractivity contribution >= 4 is 11.0 Å². The molecule has 118 valence electrons. The summed E-state index contributed by atoms with van der Waals surface area (Å²) in [6.45, 7) is 4.68. The summed E-state index contributed by atoms with van der Waals surface area (Å²) in [5.41, 5.74) is 9.87. The van der Waals surface area contributed by atoms with E-state index in [9.17, 15) is 0 Å². The molecule has 0 bridgehead atoms. The molecule has 0 saturated carbocycles. The monoisotopic (exact) mass is 309 g/mol. The van der Waals surface area contributed by atoms with Gasteiger partial charge in [-0.2, -0.15) is 0 Å². The summed E-state index contributed by atoms with van der Waals surface area (Å²) in [6, 6.07) is 12.2. The summed E-state index contributed by atoms with van der Waals surface area (Å²) >= 11 is 0. The first kappa shape index (κ1) is 14.1. The predicted octanol–water partition coefficient (Wildman–Crippen LogP) is 2.95. The average Bonchev–Trinajstić information content (AvgIpc) is 2.97. The topological polar surface area (TPSA) is 62.3 Å². The molecule has 0 saturated heterocycles. The van der Waals surface area contributed by atoms with Gasteiger partial charge in [-0.15, -0.1) is 0 Å². The molecule has 5 nitrogen and oxygen atoms in total. The van der Waals surface area contributed by atoms with Gasteiger partial charge in [-0.25, -0.2) is 4.98 Å². The van der Waals surface area contributed by atoms with E-state index >= 15 is 0 Å². The minimum atomic E-state index is 0.547. The van der Waals surface area contributed by atoms with Crippen LogP contribution in [0.15, 0.2) is 36.4 Å². The third kappa shape index (κ3) is 2.33. The summed E-state index contributed by atoms with van der Waals surface area (Å²) in [5, 5.41) is 0. The highest BCUT2D eigenvalue weighted by molar-refractivity contribution is 5.84. The van der Waals surface area contributed by atoms with Crippen LogP contribution in [0.5, 0.6) is 11.5 Å². The van der Waals surface area contributed by atoms with Crippen molar-refractivity contribution in [2.45, 2.75) is 20.0 Å². The Hall–Kier alpha value is -2.53. The lowest BCUT2D eigenvalue weighted by atomic mass is 10.1. The van der Waals surface area contributed by atoms with Crippen LogP contribution in [0.2, 0.25) is 0 Å². The summed E-state index contributed by atoms with van der Waals surface area (Å²) in [4.78, 5) is 4.81. The largest absolute Gasteiger partial charge is 0.486 e. The van der Waals surface area contributed by atoms with Crippen LogP contribution in [0, 0.1) is 0 Å². The standard InChI is InChI=1S/C18H19N3O2/c1-2-21-15-10-17-16(22-7-8-23-17)9-14(15)20-18(21)13-5-3-12(11-19)4-6-13/h3-6,9-10H,2,7-8,11,19H2,1H3. The van der Waals surface area contributed by atoms with Crippen molar-refractivity contribution in [3.8, 4) is 22.9 Å². The molecule has 0 atom stereocenters. The fraction of sp³-hybridized carbons (Fsp3) is 0.278. The molecule has 2 N–H and O–H groups in total. The van der Waals surface area contributed by atoms with Crippen LogP contribution < -0.4 is 15.2 Å². The van der Waals surface area contributed by atoms with Crippen LogP contribution in [0.1, 0.15) is 12.5 Å². The Kier molecular flexibility index (Phi) is 3.42. The average molecular weight is 309 g/mol. The van der Waals surface area contributed by atoms with Gasteiger partial charge >= 0.3 is 0 Å². The Morgan fingerprint density at radius 2 is 1.78 bits per heavy atom. The molecule has 23 heavy (non-hydrogen) atoms. The molecule has 2 heterocycles. The summed E-state index contributed by atoms with van der Waals surface area (Å²) in [7, 11) is 0. The highest BCUT2D eigenvalue weighted by atomic mass is 16.6. The molecule has 0 radical (unpaired) electrons. The molecular weight excluding hydrogens is 290 g/mol. The summed E-state index contributed by atoms with van der Waals surface area (Å²) < 4.78 is 13.6. The van der Waals surface area contributed by atoms with Gasteiger partial charge in [0.25, 0.3) is 0 Å². The van der Waals surface area contributed by atoms with Gasteiger partial charge in [-0.05, 0) is 12.5 Å². The molecule has 1 aliphatic heterocycles. The second-order valence-corrected chi connectivity index (χ2v) is 5.57. The molecule has 5 heteroatoms. The number of nitrogens with zero attached hydrogens (tertiary/aromatic N) is 2. The van der Waals surface area contributed by atoms with Gasteiger partial charge in [0.15, 0.2) is 11.5 Å². The van der Waals surface area contributed by atoms with Crippen LogP contribution in [0.25, 0.3) is 22.4 Å². The third-order valence-corrected chi connectivity index (χ3v) is 4.18. The lowest BCUT2D eigenvalue weighted by Gasteiger charge is -2.18. The van der Waals surface area contributed by atoms with Crippen LogP contribution in [-0.2, 0) is 13.1 Å². The molecule has 1 aliphatic rings. The number of nitrogens with two attached hydrogens (primary N) is 1. The number of aryl methyl sites for hydroxylation is 1. The van der Waals surface area contributed by atoms with Crippen molar-refractivity contribution in [3.05, 3.63) is 42.0 Å². The molecule has 3 aromatic rings. The molecule has 0 amide bonds. The molecule has 0 spiro atoms. The SMILES string of the molecule is CCn1c(-c2ccc(CN)cc2)nc2cc3c(cc21)OCCO3. The first-order valence-corrected chi connectivity index (χ1v) is 7.89. The molecule has 0 fully saturated rings. The number of hydrogen-bond acceptors (Lipinski definition) is 4. The number of rotatable bonds is 3. The maximum atomic E-state index is 5.70. The van der Waals surface area contributed by atoms with E-state index in [4.69, 9.17) is 20.2 Å². The normalized spacial score (nSPS) is 13.5. The van der Waals surface area contributed by atoms with E-state index in [0.717, 1.165) is 46.0 Å². The second-order valence-electron chi connectivity index (χ2n) is 5.57. The van der Waals surface area contributed by atoms with Gasteiger partial charge in [0, 0.05) is 30.8 Å². The predicted molar refractivity (Wildman–Crippen MR) is 89.7 cm³/mol. The van der Waals surface area contributed by atoms with Crippen molar-refractivity contribution in [1.82, 2.24) is 9.55 Å². The summed E-state index contributed by atoms with van der Waals surface area (Å²) in [6.07, 6.45) is 0. The number of hydrogen-bond donors (Lipinski definition) is 1. The third-order valence-electron chi connectivity index (χ3n) is 4.18. The van der Waals surface area contributed by atoms with E-state index in [0.29, 0.717) is 19.8 Å². The minimum absolute atomic E-state index is 0.547. The zero-order chi connectivity index (χ0) is 15.8. The lowest BCUT2D eigenvalue weighted by Crippen LogP contribution is -2.15. The fourth-order valence-electron chi connectivity index (χ4n) is 2.99. The Labute approximate surface area is 134 Å². The Bertz CT molecular complexity index is 853. The van der Waals surface area contributed by atoms with E-state index in [2.05, 4.69) is 23.6 Å². The van der Waals surface area contributed by atoms with Gasteiger partial charge in [-0.3, -0.25) is 0 Å². The smallest absolute Gasteiger partial charge is 0.163 e. The quantitative estimate of drug-likeness (QED) is 0.808. The Morgan fingerprint density at radius 3 is 2.43 bits per heavy atom. The highest BCUT2D eigenvalue weighted by Crippen LogP contribution is 2.36. The number of aromatic nitrogens is 2. The number of benzene rings is 2. The van der Waals surface area contributed by atoms with Crippen LogP contribution in [0.3, 0.4) is 0 Å². The molecule has 1 aromatic heterocycles. The van der Waals surface area contributed by atoms with E-state index in [1.54, 1.807) is 0 Å². The van der Waals surface area contributed by atoms with Crippen molar-refractivity contribution in [3.63, 3.8) is 0 Å². The van der Waals surface area contributed by atoms with Crippen molar-refractivity contribution < 1.29 is 9.47 Å². The van der Waals surface area contributed by atoms with Crippen molar-refractivity contribution in [2.24, 2.45) is 5.73 Å². The van der Waals surface area contributed by atoms with Crippen LogP contribution in [0.4, 0.5) is 0 Å². The molecule has 0 unspecified atom stereocenters.